The fraction of sp³-hybridized carbons (Fsp3) is 0.588. The molecule has 0 atom stereocenters. The van der Waals surface area contributed by atoms with Gasteiger partial charge in [0.2, 0.25) is 0 Å². The number of anilines is 2. The number of hydrogen-bond donors (Lipinski definition) is 1. The lowest BCUT2D eigenvalue weighted by molar-refractivity contribution is 0.122. The van der Waals surface area contributed by atoms with Crippen LogP contribution >= 0.6 is 11.3 Å². The lowest BCUT2D eigenvalue weighted by Gasteiger charge is -2.28. The van der Waals surface area contributed by atoms with Crippen LogP contribution in [0.2, 0.25) is 0 Å². The molecule has 0 saturated carbocycles. The van der Waals surface area contributed by atoms with Crippen LogP contribution in [0, 0.1) is 0 Å². The molecule has 1 aliphatic heterocycles. The van der Waals surface area contributed by atoms with E-state index in [1.54, 1.807) is 25.3 Å². The van der Waals surface area contributed by atoms with Gasteiger partial charge in [-0.25, -0.2) is 14.8 Å². The summed E-state index contributed by atoms with van der Waals surface area (Å²) in [5.74, 6) is 1.47. The van der Waals surface area contributed by atoms with Crippen LogP contribution in [0.1, 0.15) is 19.8 Å². The Morgan fingerprint density at radius 1 is 1.46 bits per heavy atom. The van der Waals surface area contributed by atoms with Gasteiger partial charge >= 0.3 is 6.03 Å². The molecule has 0 bridgehead atoms. The molecule has 0 radical (unpaired) electrons. The minimum Gasteiger partial charge on any atom is -0.493 e. The first-order chi connectivity index (χ1) is 12.6. The van der Waals surface area contributed by atoms with Crippen LogP contribution in [-0.2, 0) is 4.74 Å². The lowest BCUT2D eigenvalue weighted by atomic mass is 10.3. The summed E-state index contributed by atoms with van der Waals surface area (Å²) in [6.45, 7) is 5.75. The summed E-state index contributed by atoms with van der Waals surface area (Å²) in [6.07, 6.45) is 3.71. The maximum Gasteiger partial charge on any atom is 0.323 e. The number of unbranched alkanes of at least 4 members (excludes halogenated alkanes) is 1. The molecule has 2 aromatic rings. The highest BCUT2D eigenvalue weighted by Crippen LogP contribution is 2.38. The van der Waals surface area contributed by atoms with Crippen LogP contribution in [-0.4, -0.2) is 67.9 Å². The average molecular weight is 379 g/mol. The third kappa shape index (κ3) is 3.99. The Balaban J connectivity index is 1.87. The van der Waals surface area contributed by atoms with Crippen molar-refractivity contribution < 1.29 is 14.3 Å². The van der Waals surface area contributed by atoms with E-state index in [9.17, 15) is 4.79 Å². The molecule has 8 nitrogen and oxygen atoms in total. The van der Waals surface area contributed by atoms with Crippen molar-refractivity contribution in [2.24, 2.45) is 0 Å². The molecule has 26 heavy (non-hydrogen) atoms. The lowest BCUT2D eigenvalue weighted by Crippen LogP contribution is -2.36. The molecule has 3 heterocycles. The number of ether oxygens (including phenoxy) is 2. The molecular formula is C17H25N5O3S. The molecule has 0 spiro atoms. The van der Waals surface area contributed by atoms with Gasteiger partial charge in [0.15, 0.2) is 10.9 Å². The molecule has 1 aliphatic rings. The van der Waals surface area contributed by atoms with Gasteiger partial charge in [-0.2, -0.15) is 0 Å². The van der Waals surface area contributed by atoms with Crippen molar-refractivity contribution in [3.05, 3.63) is 6.20 Å². The maximum atomic E-state index is 12.3. The van der Waals surface area contributed by atoms with Gasteiger partial charge in [-0.05, 0) is 6.42 Å². The number of methoxy groups -OCH3 is 1. The Morgan fingerprint density at radius 2 is 2.23 bits per heavy atom. The predicted molar refractivity (Wildman–Crippen MR) is 104 cm³/mol. The Bertz CT molecular complexity index is 760. The number of aromatic nitrogens is 2. The van der Waals surface area contributed by atoms with E-state index in [2.05, 4.69) is 27.1 Å². The van der Waals surface area contributed by atoms with E-state index in [4.69, 9.17) is 9.47 Å². The van der Waals surface area contributed by atoms with E-state index < -0.39 is 0 Å². The third-order valence-corrected chi connectivity index (χ3v) is 5.27. The van der Waals surface area contributed by atoms with Gasteiger partial charge in [-0.1, -0.05) is 24.7 Å². The summed E-state index contributed by atoms with van der Waals surface area (Å²) in [6, 6.07) is -0.155. The number of nitrogens with one attached hydrogen (secondary N) is 1. The highest BCUT2D eigenvalue weighted by molar-refractivity contribution is 7.23. The second kappa shape index (κ2) is 8.50. The quantitative estimate of drug-likeness (QED) is 0.831. The number of morpholine rings is 1. The Hall–Kier alpha value is -2.13. The monoisotopic (exact) mass is 379 g/mol. The number of rotatable bonds is 6. The van der Waals surface area contributed by atoms with Crippen LogP contribution in [0.15, 0.2) is 6.20 Å². The summed E-state index contributed by atoms with van der Waals surface area (Å²) >= 11 is 1.42. The molecule has 9 heteroatoms. The zero-order valence-electron chi connectivity index (χ0n) is 15.4. The van der Waals surface area contributed by atoms with Gasteiger partial charge in [0.05, 0.1) is 26.5 Å². The van der Waals surface area contributed by atoms with Crippen LogP contribution in [0.5, 0.6) is 5.75 Å². The molecule has 1 N–H and O–H groups in total. The van der Waals surface area contributed by atoms with Crippen molar-refractivity contribution in [2.75, 3.05) is 57.2 Å². The number of carbonyl (C=O) groups excluding carboxylic acids is 1. The molecule has 1 fully saturated rings. The van der Waals surface area contributed by atoms with E-state index in [0.29, 0.717) is 24.1 Å². The van der Waals surface area contributed by atoms with Gasteiger partial charge in [-0.15, -0.1) is 0 Å². The van der Waals surface area contributed by atoms with E-state index in [0.717, 1.165) is 48.5 Å². The van der Waals surface area contributed by atoms with Crippen molar-refractivity contribution in [2.45, 2.75) is 19.8 Å². The Labute approximate surface area is 157 Å². The number of hydrogen-bond acceptors (Lipinski definition) is 7. The van der Waals surface area contributed by atoms with Gasteiger partial charge in [0.1, 0.15) is 16.0 Å². The number of pyridine rings is 1. The van der Waals surface area contributed by atoms with Crippen LogP contribution in [0.3, 0.4) is 0 Å². The largest absolute Gasteiger partial charge is 0.493 e. The molecule has 2 amide bonds. The normalized spacial score (nSPS) is 14.5. The smallest absolute Gasteiger partial charge is 0.323 e. The fourth-order valence-electron chi connectivity index (χ4n) is 2.77. The Kier molecular flexibility index (Phi) is 6.10. The molecule has 142 valence electrons. The molecule has 0 unspecified atom stereocenters. The number of urea groups is 1. The second-order valence-electron chi connectivity index (χ2n) is 6.15. The van der Waals surface area contributed by atoms with Crippen LogP contribution < -0.4 is 15.0 Å². The molecular weight excluding hydrogens is 354 g/mol. The van der Waals surface area contributed by atoms with E-state index in [1.807, 2.05) is 0 Å². The minimum atomic E-state index is -0.155. The minimum absolute atomic E-state index is 0.155. The second-order valence-corrected chi connectivity index (χ2v) is 7.15. The highest BCUT2D eigenvalue weighted by atomic mass is 32.1. The van der Waals surface area contributed by atoms with E-state index in [-0.39, 0.29) is 6.03 Å². The third-order valence-electron chi connectivity index (χ3n) is 4.31. The van der Waals surface area contributed by atoms with Gasteiger partial charge in [0.25, 0.3) is 0 Å². The predicted octanol–water partition coefficient (Wildman–Crippen LogP) is 2.80. The first-order valence-corrected chi connectivity index (χ1v) is 9.64. The summed E-state index contributed by atoms with van der Waals surface area (Å²) < 4.78 is 11.7. The zero-order valence-corrected chi connectivity index (χ0v) is 16.3. The van der Waals surface area contributed by atoms with Crippen molar-refractivity contribution in [3.63, 3.8) is 0 Å². The number of carbonyl (C=O) groups is 1. The summed E-state index contributed by atoms with van der Waals surface area (Å²) in [5.41, 5.74) is 0.723. The van der Waals surface area contributed by atoms with Crippen LogP contribution in [0.25, 0.3) is 10.2 Å². The van der Waals surface area contributed by atoms with Gasteiger partial charge in [-0.3, -0.25) is 5.32 Å². The standard InChI is InChI=1S/C17H25N5O3S/c1-4-5-6-21(2)17(23)20-16-19-13-12(24-3)11-18-15(14(13)26-16)22-7-9-25-10-8-22/h11H,4-10H2,1-3H3,(H,19,20,23). The van der Waals surface area contributed by atoms with E-state index >= 15 is 0 Å². The SMILES string of the molecule is CCCCN(C)C(=O)Nc1nc2c(OC)cnc(N3CCOCC3)c2s1. The Morgan fingerprint density at radius 3 is 2.92 bits per heavy atom. The first kappa shape index (κ1) is 18.7. The summed E-state index contributed by atoms with van der Waals surface area (Å²) in [5, 5.41) is 3.44. The van der Waals surface area contributed by atoms with Crippen LogP contribution in [0.4, 0.5) is 15.7 Å². The van der Waals surface area contributed by atoms with Crippen molar-refractivity contribution >= 4 is 38.5 Å². The molecule has 0 aliphatic carbocycles. The number of thiazole rings is 1. The number of nitrogens with zero attached hydrogens (tertiary/aromatic N) is 4. The zero-order chi connectivity index (χ0) is 18.5. The van der Waals surface area contributed by atoms with Crippen molar-refractivity contribution in [1.29, 1.82) is 0 Å². The van der Waals surface area contributed by atoms with Gasteiger partial charge in [0, 0.05) is 26.7 Å². The number of fused-ring (bicyclic) bond motifs is 1. The van der Waals surface area contributed by atoms with Gasteiger partial charge < -0.3 is 19.3 Å². The molecule has 1 saturated heterocycles. The maximum absolute atomic E-state index is 12.3. The first-order valence-electron chi connectivity index (χ1n) is 8.82. The number of amides is 2. The average Bonchev–Trinajstić information content (AvgIpc) is 3.09. The summed E-state index contributed by atoms with van der Waals surface area (Å²) in [7, 11) is 3.39. The van der Waals surface area contributed by atoms with Crippen molar-refractivity contribution in [1.82, 2.24) is 14.9 Å². The molecule has 0 aromatic carbocycles. The van der Waals surface area contributed by atoms with Crippen molar-refractivity contribution in [3.8, 4) is 5.75 Å². The molecule has 3 rings (SSSR count). The highest BCUT2D eigenvalue weighted by Gasteiger charge is 2.21. The molecule has 2 aromatic heterocycles. The topological polar surface area (TPSA) is 79.8 Å². The van der Waals surface area contributed by atoms with E-state index in [1.165, 1.54) is 11.3 Å². The summed E-state index contributed by atoms with van der Waals surface area (Å²) in [4.78, 5) is 25.3. The fourth-order valence-corrected chi connectivity index (χ4v) is 3.75.